The van der Waals surface area contributed by atoms with Crippen LogP contribution in [0.3, 0.4) is 0 Å². The van der Waals surface area contributed by atoms with Crippen LogP contribution in [0.15, 0.2) is 0 Å². The molecule has 0 spiro atoms. The highest BCUT2D eigenvalue weighted by Gasteiger charge is 2.30. The van der Waals surface area contributed by atoms with E-state index in [9.17, 15) is 9.59 Å². The average molecular weight is 228 g/mol. The summed E-state index contributed by atoms with van der Waals surface area (Å²) in [4.78, 5) is 24.0. The van der Waals surface area contributed by atoms with E-state index in [1.165, 1.54) is 0 Å². The zero-order valence-corrected chi connectivity index (χ0v) is 10.1. The molecule has 0 radical (unpaired) electrons. The van der Waals surface area contributed by atoms with E-state index in [1.54, 1.807) is 4.90 Å². The van der Waals surface area contributed by atoms with Gasteiger partial charge in [0.15, 0.2) is 0 Å². The van der Waals surface area contributed by atoms with E-state index < -0.39 is 11.9 Å². The molecule has 1 aliphatic rings. The molecular weight excluding hydrogens is 208 g/mol. The van der Waals surface area contributed by atoms with Crippen LogP contribution in [0.5, 0.6) is 0 Å². The van der Waals surface area contributed by atoms with E-state index >= 15 is 0 Å². The van der Waals surface area contributed by atoms with E-state index in [0.717, 1.165) is 0 Å². The number of nitrogens with zero attached hydrogens (tertiary/aromatic N) is 1. The van der Waals surface area contributed by atoms with Crippen molar-refractivity contribution in [2.45, 2.75) is 27.2 Å². The molecule has 1 heterocycles. The van der Waals surface area contributed by atoms with Gasteiger partial charge in [0.05, 0.1) is 5.92 Å². The van der Waals surface area contributed by atoms with Crippen molar-refractivity contribution < 1.29 is 14.7 Å². The maximum absolute atomic E-state index is 11.7. The SMILES string of the molecule is CC(C)(C)CNC(=O)N1CCC(C(=O)O)C1. The molecule has 1 rings (SSSR count). The maximum atomic E-state index is 11.7. The molecule has 92 valence electrons. The van der Waals surface area contributed by atoms with Gasteiger partial charge < -0.3 is 15.3 Å². The molecular formula is C11H20N2O3. The summed E-state index contributed by atoms with van der Waals surface area (Å²) in [6.07, 6.45) is 0.554. The molecule has 0 aliphatic carbocycles. The van der Waals surface area contributed by atoms with Gasteiger partial charge in [-0.05, 0) is 11.8 Å². The second-order valence-corrected chi connectivity index (χ2v) is 5.49. The standard InChI is InChI=1S/C11H20N2O3/c1-11(2,3)7-12-10(16)13-5-4-8(6-13)9(14)15/h8H,4-7H2,1-3H3,(H,12,16)(H,14,15). The van der Waals surface area contributed by atoms with Crippen LogP contribution in [-0.2, 0) is 4.79 Å². The number of hydrogen-bond acceptors (Lipinski definition) is 2. The third-order valence-electron chi connectivity index (χ3n) is 2.59. The Balaban J connectivity index is 2.37. The van der Waals surface area contributed by atoms with E-state index in [0.29, 0.717) is 26.1 Å². The number of aliphatic carboxylic acids is 1. The number of nitrogens with one attached hydrogen (secondary N) is 1. The van der Waals surface area contributed by atoms with Gasteiger partial charge in [-0.15, -0.1) is 0 Å². The van der Waals surface area contributed by atoms with Crippen molar-refractivity contribution in [3.8, 4) is 0 Å². The number of rotatable bonds is 2. The van der Waals surface area contributed by atoms with Gasteiger partial charge in [0.25, 0.3) is 0 Å². The first-order chi connectivity index (χ1) is 7.29. The van der Waals surface area contributed by atoms with E-state index in [1.807, 2.05) is 20.8 Å². The van der Waals surface area contributed by atoms with Gasteiger partial charge >= 0.3 is 12.0 Å². The first kappa shape index (κ1) is 12.8. The topological polar surface area (TPSA) is 69.6 Å². The lowest BCUT2D eigenvalue weighted by Gasteiger charge is -2.22. The Bertz CT molecular complexity index is 283. The monoisotopic (exact) mass is 228 g/mol. The third-order valence-corrected chi connectivity index (χ3v) is 2.59. The molecule has 2 amide bonds. The fourth-order valence-corrected chi connectivity index (χ4v) is 1.60. The van der Waals surface area contributed by atoms with Crippen molar-refractivity contribution in [2.75, 3.05) is 19.6 Å². The van der Waals surface area contributed by atoms with Gasteiger partial charge in [0, 0.05) is 19.6 Å². The number of urea groups is 1. The molecule has 1 atom stereocenters. The lowest BCUT2D eigenvalue weighted by Crippen LogP contribution is -2.42. The largest absolute Gasteiger partial charge is 0.481 e. The summed E-state index contributed by atoms with van der Waals surface area (Å²) >= 11 is 0. The minimum Gasteiger partial charge on any atom is -0.481 e. The minimum absolute atomic E-state index is 0.0432. The van der Waals surface area contributed by atoms with Crippen LogP contribution in [0.2, 0.25) is 0 Å². The summed E-state index contributed by atoms with van der Waals surface area (Å²) in [6.45, 7) is 7.57. The van der Waals surface area contributed by atoms with Crippen molar-refractivity contribution >= 4 is 12.0 Å². The number of carboxylic acid groups (broad SMARTS) is 1. The Labute approximate surface area is 95.8 Å². The third kappa shape index (κ3) is 3.72. The van der Waals surface area contributed by atoms with Crippen LogP contribution in [0.1, 0.15) is 27.2 Å². The van der Waals surface area contributed by atoms with Crippen LogP contribution >= 0.6 is 0 Å². The molecule has 0 saturated carbocycles. The van der Waals surface area contributed by atoms with Crippen molar-refractivity contribution in [1.29, 1.82) is 0 Å². The molecule has 1 unspecified atom stereocenters. The fourth-order valence-electron chi connectivity index (χ4n) is 1.60. The summed E-state index contributed by atoms with van der Waals surface area (Å²) in [5.41, 5.74) is 0.0432. The number of carboxylic acids is 1. The Morgan fingerprint density at radius 1 is 1.44 bits per heavy atom. The van der Waals surface area contributed by atoms with Gasteiger partial charge in [0.1, 0.15) is 0 Å². The molecule has 1 aliphatic heterocycles. The Morgan fingerprint density at radius 3 is 2.50 bits per heavy atom. The highest BCUT2D eigenvalue weighted by Crippen LogP contribution is 2.17. The molecule has 0 bridgehead atoms. The molecule has 16 heavy (non-hydrogen) atoms. The van der Waals surface area contributed by atoms with Gasteiger partial charge in [0.2, 0.25) is 0 Å². The normalized spacial score (nSPS) is 20.9. The van der Waals surface area contributed by atoms with Crippen LogP contribution in [0, 0.1) is 11.3 Å². The van der Waals surface area contributed by atoms with E-state index in [-0.39, 0.29) is 11.4 Å². The molecule has 0 aromatic heterocycles. The van der Waals surface area contributed by atoms with Crippen molar-refractivity contribution in [3.05, 3.63) is 0 Å². The quantitative estimate of drug-likeness (QED) is 0.744. The van der Waals surface area contributed by atoms with Gasteiger partial charge in [-0.3, -0.25) is 4.79 Å². The lowest BCUT2D eigenvalue weighted by atomic mass is 9.97. The second-order valence-electron chi connectivity index (χ2n) is 5.49. The van der Waals surface area contributed by atoms with Crippen LogP contribution < -0.4 is 5.32 Å². The molecule has 0 aromatic rings. The van der Waals surface area contributed by atoms with Crippen molar-refractivity contribution in [3.63, 3.8) is 0 Å². The van der Waals surface area contributed by atoms with Crippen LogP contribution in [0.4, 0.5) is 4.79 Å². The predicted octanol–water partition coefficient (Wildman–Crippen LogP) is 1.15. The lowest BCUT2D eigenvalue weighted by molar-refractivity contribution is -0.141. The van der Waals surface area contributed by atoms with Crippen LogP contribution in [-0.4, -0.2) is 41.6 Å². The number of amides is 2. The van der Waals surface area contributed by atoms with Crippen molar-refractivity contribution in [1.82, 2.24) is 10.2 Å². The summed E-state index contributed by atoms with van der Waals surface area (Å²) in [6, 6.07) is -0.154. The molecule has 5 nitrogen and oxygen atoms in total. The zero-order valence-electron chi connectivity index (χ0n) is 10.1. The second kappa shape index (κ2) is 4.72. The van der Waals surface area contributed by atoms with Gasteiger partial charge in [-0.1, -0.05) is 20.8 Å². The number of carbonyl (C=O) groups excluding carboxylic acids is 1. The highest BCUT2D eigenvalue weighted by molar-refractivity contribution is 5.77. The molecule has 2 N–H and O–H groups in total. The molecule has 1 saturated heterocycles. The van der Waals surface area contributed by atoms with E-state index in [4.69, 9.17) is 5.11 Å². The Kier molecular flexibility index (Phi) is 3.78. The number of hydrogen-bond donors (Lipinski definition) is 2. The first-order valence-electron chi connectivity index (χ1n) is 5.55. The Hall–Kier alpha value is -1.26. The summed E-state index contributed by atoms with van der Waals surface area (Å²) in [5, 5.41) is 11.6. The zero-order chi connectivity index (χ0) is 12.3. The average Bonchev–Trinajstić information content (AvgIpc) is 2.61. The fraction of sp³-hybridized carbons (Fsp3) is 0.818. The molecule has 0 aromatic carbocycles. The predicted molar refractivity (Wildman–Crippen MR) is 60.2 cm³/mol. The number of carbonyl (C=O) groups is 2. The number of likely N-dealkylation sites (tertiary alicyclic amines) is 1. The minimum atomic E-state index is -0.814. The smallest absolute Gasteiger partial charge is 0.317 e. The summed E-state index contributed by atoms with van der Waals surface area (Å²) < 4.78 is 0. The van der Waals surface area contributed by atoms with Crippen LogP contribution in [0.25, 0.3) is 0 Å². The van der Waals surface area contributed by atoms with Crippen molar-refractivity contribution in [2.24, 2.45) is 11.3 Å². The first-order valence-corrected chi connectivity index (χ1v) is 5.55. The van der Waals surface area contributed by atoms with E-state index in [2.05, 4.69) is 5.32 Å². The maximum Gasteiger partial charge on any atom is 0.317 e. The summed E-state index contributed by atoms with van der Waals surface area (Å²) in [5.74, 6) is -1.22. The molecule has 1 fully saturated rings. The highest BCUT2D eigenvalue weighted by atomic mass is 16.4. The Morgan fingerprint density at radius 2 is 2.06 bits per heavy atom. The summed E-state index contributed by atoms with van der Waals surface area (Å²) in [7, 11) is 0. The van der Waals surface area contributed by atoms with Gasteiger partial charge in [-0.2, -0.15) is 0 Å². The molecule has 5 heteroatoms. The van der Waals surface area contributed by atoms with Gasteiger partial charge in [-0.25, -0.2) is 4.79 Å².